The van der Waals surface area contributed by atoms with Crippen molar-refractivity contribution in [3.63, 3.8) is 0 Å². The van der Waals surface area contributed by atoms with Crippen LogP contribution < -0.4 is 10.1 Å². The summed E-state index contributed by atoms with van der Waals surface area (Å²) in [6, 6.07) is 9.61. The van der Waals surface area contributed by atoms with E-state index in [1.54, 1.807) is 40.5 Å². The number of aryl methyl sites for hydroxylation is 1. The van der Waals surface area contributed by atoms with E-state index in [2.05, 4.69) is 5.32 Å². The number of Topliss-reactive ketones (excluding diaryl/α,β-unsaturated/α-hetero) is 1. The molecule has 0 unspecified atom stereocenters. The smallest absolute Gasteiger partial charge is 0.409 e. The summed E-state index contributed by atoms with van der Waals surface area (Å²) < 4.78 is 31.3. The van der Waals surface area contributed by atoms with Gasteiger partial charge in [-0.25, -0.2) is 17.5 Å². The van der Waals surface area contributed by atoms with E-state index in [1.165, 1.54) is 21.9 Å². The van der Waals surface area contributed by atoms with E-state index in [0.29, 0.717) is 43.8 Å². The van der Waals surface area contributed by atoms with Crippen molar-refractivity contribution in [3.05, 3.63) is 51.7 Å². The van der Waals surface area contributed by atoms with Gasteiger partial charge < -0.3 is 19.9 Å². The molecule has 2 aromatic rings. The molecule has 1 aromatic carbocycles. The molecule has 3 fully saturated rings. The molecular formula is C33H45ClN4O6S2. The van der Waals surface area contributed by atoms with Gasteiger partial charge in [-0.05, 0) is 68.0 Å². The SMILES string of the molecule is CS(=O)(=O)N1CCC(C[C@@H](NC2CCCCC2)C(=O)N2CCN(C(=O)Oc3ccccc3Cl)C[C@H]2C(=O)CCc2cccs2)CC1. The van der Waals surface area contributed by atoms with Crippen molar-refractivity contribution in [2.24, 2.45) is 5.92 Å². The van der Waals surface area contributed by atoms with Crippen LogP contribution in [0.3, 0.4) is 0 Å². The first-order valence-corrected chi connectivity index (χ1v) is 19.5. The van der Waals surface area contributed by atoms with Gasteiger partial charge in [-0.3, -0.25) is 9.59 Å². The van der Waals surface area contributed by atoms with E-state index in [0.717, 1.165) is 30.6 Å². The Kier molecular flexibility index (Phi) is 12.2. The molecule has 0 radical (unpaired) electrons. The topological polar surface area (TPSA) is 116 Å². The molecule has 1 saturated carbocycles. The van der Waals surface area contributed by atoms with E-state index in [4.69, 9.17) is 16.3 Å². The molecule has 1 N–H and O–H groups in total. The first-order chi connectivity index (χ1) is 22.1. The van der Waals surface area contributed by atoms with Crippen molar-refractivity contribution in [2.45, 2.75) is 82.3 Å². The molecule has 13 heteroatoms. The van der Waals surface area contributed by atoms with E-state index in [1.807, 2.05) is 17.5 Å². The highest BCUT2D eigenvalue weighted by Gasteiger charge is 2.41. The van der Waals surface area contributed by atoms with Crippen LogP contribution in [0.1, 0.15) is 62.7 Å². The minimum absolute atomic E-state index is 0.0429. The number of sulfonamides is 1. The fraction of sp³-hybridized carbons (Fsp3) is 0.606. The molecule has 252 valence electrons. The third kappa shape index (κ3) is 9.31. The van der Waals surface area contributed by atoms with Gasteiger partial charge in [0.25, 0.3) is 0 Å². The van der Waals surface area contributed by atoms with Crippen molar-refractivity contribution in [1.82, 2.24) is 19.4 Å². The first kappa shape index (κ1) is 34.8. The number of nitrogens with one attached hydrogen (secondary N) is 1. The number of piperidine rings is 1. The number of thiophene rings is 1. The van der Waals surface area contributed by atoms with Gasteiger partial charge in [-0.15, -0.1) is 11.3 Å². The van der Waals surface area contributed by atoms with Gasteiger partial charge in [0.2, 0.25) is 15.9 Å². The predicted molar refractivity (Wildman–Crippen MR) is 180 cm³/mol. The summed E-state index contributed by atoms with van der Waals surface area (Å²) >= 11 is 7.82. The molecule has 3 aliphatic rings. The molecule has 5 rings (SSSR count). The zero-order chi connectivity index (χ0) is 32.7. The molecule has 2 aliphatic heterocycles. The molecule has 0 bridgehead atoms. The molecule has 46 heavy (non-hydrogen) atoms. The monoisotopic (exact) mass is 692 g/mol. The first-order valence-electron chi connectivity index (χ1n) is 16.4. The number of ketones is 1. The van der Waals surface area contributed by atoms with E-state index < -0.39 is 28.2 Å². The number of hydrogen-bond acceptors (Lipinski definition) is 8. The number of amides is 2. The van der Waals surface area contributed by atoms with Crippen LogP contribution in [0, 0.1) is 5.92 Å². The van der Waals surface area contributed by atoms with Crippen LogP contribution in [0.4, 0.5) is 4.79 Å². The molecule has 0 spiro atoms. The van der Waals surface area contributed by atoms with Gasteiger partial charge in [0.05, 0.1) is 23.9 Å². The van der Waals surface area contributed by atoms with Crippen molar-refractivity contribution in [2.75, 3.05) is 39.0 Å². The molecule has 1 aromatic heterocycles. The lowest BCUT2D eigenvalue weighted by molar-refractivity contribution is -0.145. The van der Waals surface area contributed by atoms with Crippen LogP contribution in [0.15, 0.2) is 41.8 Å². The maximum atomic E-state index is 14.5. The summed E-state index contributed by atoms with van der Waals surface area (Å²) in [5.74, 6) is 0.217. The fourth-order valence-corrected chi connectivity index (χ4v) is 8.60. The van der Waals surface area contributed by atoms with Gasteiger partial charge >= 0.3 is 6.09 Å². The number of halogens is 1. The third-order valence-electron chi connectivity index (χ3n) is 9.48. The lowest BCUT2D eigenvalue weighted by Crippen LogP contribution is -2.63. The highest BCUT2D eigenvalue weighted by molar-refractivity contribution is 7.88. The Morgan fingerprint density at radius 2 is 1.74 bits per heavy atom. The van der Waals surface area contributed by atoms with E-state index >= 15 is 0 Å². The molecule has 10 nitrogen and oxygen atoms in total. The molecule has 1 aliphatic carbocycles. The lowest BCUT2D eigenvalue weighted by atomic mass is 9.88. The molecule has 2 amide bonds. The van der Waals surface area contributed by atoms with Crippen LogP contribution in [0.2, 0.25) is 5.02 Å². The van der Waals surface area contributed by atoms with Gasteiger partial charge in [0.1, 0.15) is 6.04 Å². The number of piperazine rings is 1. The Labute approximate surface area is 281 Å². The van der Waals surface area contributed by atoms with Gasteiger partial charge in [-0.2, -0.15) is 0 Å². The van der Waals surface area contributed by atoms with E-state index in [9.17, 15) is 22.8 Å². The quantitative estimate of drug-likeness (QED) is 0.354. The van der Waals surface area contributed by atoms with Crippen molar-refractivity contribution in [3.8, 4) is 5.75 Å². The number of rotatable bonds is 11. The van der Waals surface area contributed by atoms with Gasteiger partial charge in [0, 0.05) is 43.5 Å². The Bertz CT molecular complexity index is 1440. The minimum Gasteiger partial charge on any atom is -0.409 e. The second kappa shape index (κ2) is 16.1. The Morgan fingerprint density at radius 3 is 2.41 bits per heavy atom. The number of nitrogens with zero attached hydrogens (tertiary/aromatic N) is 3. The molecule has 3 heterocycles. The standard InChI is InChI=1S/C33H45ClN4O6S2/c1-46(42,43)37-17-15-24(16-18-37)22-28(35-25-8-3-2-4-9-25)32(40)38-20-19-36(33(41)44-31-12-6-5-11-27(31)34)23-29(38)30(39)14-13-26-10-7-21-45-26/h5-7,10-12,21,24-25,28-29,35H,2-4,8-9,13-20,22-23H2,1H3/t28-,29+/m1/s1. The largest absolute Gasteiger partial charge is 0.415 e. The van der Waals surface area contributed by atoms with Crippen molar-refractivity contribution in [1.29, 1.82) is 0 Å². The number of carbonyl (C=O) groups excluding carboxylic acids is 3. The van der Waals surface area contributed by atoms with Crippen LogP contribution in [0.25, 0.3) is 0 Å². The average molecular weight is 693 g/mol. The Morgan fingerprint density at radius 1 is 1.00 bits per heavy atom. The minimum atomic E-state index is -3.25. The third-order valence-corrected chi connectivity index (χ3v) is 12.0. The van der Waals surface area contributed by atoms with Gasteiger partial charge in [0.15, 0.2) is 11.5 Å². The summed E-state index contributed by atoms with van der Waals surface area (Å²) in [6.45, 7) is 1.38. The molecule has 2 saturated heterocycles. The summed E-state index contributed by atoms with van der Waals surface area (Å²) in [4.78, 5) is 45.8. The maximum absolute atomic E-state index is 14.5. The van der Waals surface area contributed by atoms with Crippen molar-refractivity contribution >= 4 is 50.7 Å². The number of carbonyl (C=O) groups is 3. The normalized spacial score (nSPS) is 21.2. The Hall–Kier alpha value is -2.51. The number of para-hydroxylation sites is 1. The number of ether oxygens (including phenoxy) is 1. The second-order valence-electron chi connectivity index (χ2n) is 12.7. The summed E-state index contributed by atoms with van der Waals surface area (Å²) in [5, 5.41) is 5.96. The number of benzene rings is 1. The van der Waals surface area contributed by atoms with Crippen LogP contribution in [-0.4, -0.2) is 97.4 Å². The van der Waals surface area contributed by atoms with Gasteiger partial charge in [-0.1, -0.05) is 49.1 Å². The van der Waals surface area contributed by atoms with Crippen LogP contribution >= 0.6 is 22.9 Å². The zero-order valence-corrected chi connectivity index (χ0v) is 28.8. The van der Waals surface area contributed by atoms with E-state index in [-0.39, 0.29) is 55.5 Å². The predicted octanol–water partition coefficient (Wildman–Crippen LogP) is 4.97. The zero-order valence-electron chi connectivity index (χ0n) is 26.4. The highest BCUT2D eigenvalue weighted by atomic mass is 35.5. The molecule has 2 atom stereocenters. The summed E-state index contributed by atoms with van der Waals surface area (Å²) in [6.07, 6.45) is 8.84. The fourth-order valence-electron chi connectivity index (χ4n) is 6.85. The molecular weight excluding hydrogens is 648 g/mol. The van der Waals surface area contributed by atoms with Crippen LogP contribution in [0.5, 0.6) is 5.75 Å². The lowest BCUT2D eigenvalue weighted by Gasteiger charge is -2.43. The Balaban J connectivity index is 1.33. The number of hydrogen-bond donors (Lipinski definition) is 1. The highest BCUT2D eigenvalue weighted by Crippen LogP contribution is 2.28. The van der Waals surface area contributed by atoms with Crippen molar-refractivity contribution < 1.29 is 27.5 Å². The van der Waals surface area contributed by atoms with Crippen LogP contribution in [-0.2, 0) is 26.0 Å². The average Bonchev–Trinajstić information content (AvgIpc) is 3.58. The maximum Gasteiger partial charge on any atom is 0.415 e. The summed E-state index contributed by atoms with van der Waals surface area (Å²) in [5.41, 5.74) is 0. The second-order valence-corrected chi connectivity index (χ2v) is 16.2. The summed E-state index contributed by atoms with van der Waals surface area (Å²) in [7, 11) is -3.25.